The van der Waals surface area contributed by atoms with Gasteiger partial charge in [-0.2, -0.15) is 0 Å². The zero-order valence-corrected chi connectivity index (χ0v) is 27.7. The molecule has 0 radical (unpaired) electrons. The number of nitrogens with zero attached hydrogens (tertiary/aromatic N) is 1. The standard InChI is InChI=1S/C36H45NO6Si/c1-35(2,3)43-32(38)25-28(33(39)37-29(26-41-34(37)40)24-27-16-10-7-11-17-27)22-23-42-44(36(4,5)6,30-18-12-8-13-19-30)31-20-14-9-15-21-31/h7-21,28-29H,22-26H2,1-6H3/t28-,29+/m1/s1. The second kappa shape index (κ2) is 13.9. The van der Waals surface area contributed by atoms with E-state index in [1.165, 1.54) is 4.90 Å². The van der Waals surface area contributed by atoms with Crippen LogP contribution in [0.25, 0.3) is 0 Å². The monoisotopic (exact) mass is 615 g/mol. The van der Waals surface area contributed by atoms with Crippen molar-refractivity contribution >= 4 is 36.7 Å². The van der Waals surface area contributed by atoms with Crippen molar-refractivity contribution in [1.29, 1.82) is 0 Å². The molecule has 0 saturated carbocycles. The van der Waals surface area contributed by atoms with E-state index < -0.39 is 43.8 Å². The van der Waals surface area contributed by atoms with Crippen molar-refractivity contribution in [3.8, 4) is 0 Å². The summed E-state index contributed by atoms with van der Waals surface area (Å²) in [4.78, 5) is 41.3. The maximum Gasteiger partial charge on any atom is 0.416 e. The minimum Gasteiger partial charge on any atom is -0.460 e. The number of cyclic esters (lactones) is 1. The summed E-state index contributed by atoms with van der Waals surface area (Å²) >= 11 is 0. The Hall–Kier alpha value is -3.75. The number of benzene rings is 3. The van der Waals surface area contributed by atoms with Crippen LogP contribution in [-0.4, -0.2) is 56.0 Å². The molecule has 1 aliphatic rings. The fourth-order valence-corrected chi connectivity index (χ4v) is 10.6. The predicted molar refractivity (Wildman–Crippen MR) is 174 cm³/mol. The van der Waals surface area contributed by atoms with E-state index >= 15 is 0 Å². The van der Waals surface area contributed by atoms with Gasteiger partial charge in [0.05, 0.1) is 18.4 Å². The van der Waals surface area contributed by atoms with Gasteiger partial charge in [0.15, 0.2) is 0 Å². The molecule has 0 aliphatic carbocycles. The molecule has 0 aromatic heterocycles. The molecule has 0 bridgehead atoms. The highest BCUT2D eigenvalue weighted by Crippen LogP contribution is 2.37. The van der Waals surface area contributed by atoms with Crippen LogP contribution in [0.1, 0.15) is 59.9 Å². The number of ether oxygens (including phenoxy) is 2. The average Bonchev–Trinajstić information content (AvgIpc) is 3.33. The van der Waals surface area contributed by atoms with Crippen molar-refractivity contribution in [3.63, 3.8) is 0 Å². The fourth-order valence-electron chi connectivity index (χ4n) is 5.98. The first-order valence-corrected chi connectivity index (χ1v) is 17.2. The van der Waals surface area contributed by atoms with Gasteiger partial charge in [-0.1, -0.05) is 112 Å². The van der Waals surface area contributed by atoms with Gasteiger partial charge in [0, 0.05) is 6.61 Å². The number of esters is 1. The molecule has 3 aromatic carbocycles. The molecule has 44 heavy (non-hydrogen) atoms. The molecule has 4 rings (SSSR count). The maximum atomic E-state index is 14.1. The van der Waals surface area contributed by atoms with E-state index in [2.05, 4.69) is 45.0 Å². The second-order valence-corrected chi connectivity index (χ2v) is 17.7. The Bertz CT molecular complexity index is 1360. The zero-order valence-electron chi connectivity index (χ0n) is 26.7. The molecule has 7 nitrogen and oxygen atoms in total. The van der Waals surface area contributed by atoms with Crippen LogP contribution < -0.4 is 10.4 Å². The van der Waals surface area contributed by atoms with Gasteiger partial charge in [0.1, 0.15) is 12.2 Å². The van der Waals surface area contributed by atoms with Gasteiger partial charge < -0.3 is 13.9 Å². The smallest absolute Gasteiger partial charge is 0.416 e. The fraction of sp³-hybridized carbons (Fsp3) is 0.417. The third-order valence-electron chi connectivity index (χ3n) is 7.90. The molecule has 3 aromatic rings. The Morgan fingerprint density at radius 2 is 1.39 bits per heavy atom. The van der Waals surface area contributed by atoms with Crippen LogP contribution in [0.3, 0.4) is 0 Å². The second-order valence-electron chi connectivity index (χ2n) is 13.4. The zero-order chi connectivity index (χ0) is 32.0. The van der Waals surface area contributed by atoms with Crippen LogP contribution in [-0.2, 0) is 29.9 Å². The summed E-state index contributed by atoms with van der Waals surface area (Å²) in [7, 11) is -2.87. The van der Waals surface area contributed by atoms with E-state index in [9.17, 15) is 14.4 Å². The number of rotatable bonds is 11. The molecule has 2 amide bonds. The van der Waals surface area contributed by atoms with E-state index in [-0.39, 0.29) is 31.1 Å². The lowest BCUT2D eigenvalue weighted by Gasteiger charge is -2.43. The first-order chi connectivity index (χ1) is 20.8. The minimum atomic E-state index is -2.87. The van der Waals surface area contributed by atoms with Crippen LogP contribution in [0.4, 0.5) is 4.79 Å². The highest BCUT2D eigenvalue weighted by molar-refractivity contribution is 6.99. The van der Waals surface area contributed by atoms with Gasteiger partial charge in [-0.05, 0) is 54.6 Å². The molecule has 0 N–H and O–H groups in total. The summed E-state index contributed by atoms with van der Waals surface area (Å²) < 4.78 is 18.0. The molecule has 1 fully saturated rings. The molecular weight excluding hydrogens is 570 g/mol. The van der Waals surface area contributed by atoms with Gasteiger partial charge in [-0.15, -0.1) is 0 Å². The summed E-state index contributed by atoms with van der Waals surface area (Å²) in [5.74, 6) is -1.76. The molecule has 1 saturated heterocycles. The van der Waals surface area contributed by atoms with Crippen LogP contribution in [0.5, 0.6) is 0 Å². The molecule has 8 heteroatoms. The lowest BCUT2D eigenvalue weighted by molar-refractivity contribution is -0.158. The van der Waals surface area contributed by atoms with Gasteiger partial charge in [0.2, 0.25) is 5.91 Å². The summed E-state index contributed by atoms with van der Waals surface area (Å²) in [6.07, 6.45) is -0.138. The van der Waals surface area contributed by atoms with Crippen LogP contribution in [0.15, 0.2) is 91.0 Å². The van der Waals surface area contributed by atoms with Crippen molar-refractivity contribution in [2.75, 3.05) is 13.2 Å². The molecule has 1 aliphatic heterocycles. The SMILES string of the molecule is CC(C)(C)OC(=O)C[C@@H](CCO[Si](c1ccccc1)(c1ccccc1)C(C)(C)C)C(=O)N1C(=O)OC[C@@H]1Cc1ccccc1. The lowest BCUT2D eigenvalue weighted by atomic mass is 9.98. The van der Waals surface area contributed by atoms with Crippen molar-refractivity contribution in [2.45, 2.75) is 77.5 Å². The summed E-state index contributed by atoms with van der Waals surface area (Å²) in [6, 6.07) is 29.8. The Balaban J connectivity index is 1.63. The summed E-state index contributed by atoms with van der Waals surface area (Å²) in [6.45, 7) is 12.3. The van der Waals surface area contributed by atoms with Crippen molar-refractivity contribution < 1.29 is 28.3 Å². The minimum absolute atomic E-state index is 0.108. The third-order valence-corrected chi connectivity index (χ3v) is 12.9. The Kier molecular flexibility index (Phi) is 10.5. The maximum absolute atomic E-state index is 14.1. The first kappa shape index (κ1) is 33.1. The number of hydrogen-bond acceptors (Lipinski definition) is 6. The van der Waals surface area contributed by atoms with Crippen LogP contribution in [0, 0.1) is 5.92 Å². The molecule has 234 valence electrons. The Morgan fingerprint density at radius 3 is 1.89 bits per heavy atom. The molecule has 0 unspecified atom stereocenters. The predicted octanol–water partition coefficient (Wildman–Crippen LogP) is 5.89. The number of imide groups is 1. The largest absolute Gasteiger partial charge is 0.460 e. The van der Waals surface area contributed by atoms with Crippen LogP contribution in [0.2, 0.25) is 5.04 Å². The van der Waals surface area contributed by atoms with Gasteiger partial charge >= 0.3 is 12.1 Å². The summed E-state index contributed by atoms with van der Waals surface area (Å²) in [5.41, 5.74) is 0.283. The van der Waals surface area contributed by atoms with Crippen molar-refractivity contribution in [2.24, 2.45) is 5.92 Å². The number of amides is 2. The van der Waals surface area contributed by atoms with Gasteiger partial charge in [-0.3, -0.25) is 9.59 Å². The van der Waals surface area contributed by atoms with Crippen molar-refractivity contribution in [3.05, 3.63) is 96.6 Å². The van der Waals surface area contributed by atoms with Crippen molar-refractivity contribution in [1.82, 2.24) is 4.90 Å². The van der Waals surface area contributed by atoms with E-state index in [1.807, 2.05) is 66.7 Å². The highest BCUT2D eigenvalue weighted by atomic mass is 28.4. The molecular formula is C36H45NO6Si. The van der Waals surface area contributed by atoms with E-state index in [4.69, 9.17) is 13.9 Å². The average molecular weight is 616 g/mol. The Morgan fingerprint density at radius 1 is 0.864 bits per heavy atom. The highest BCUT2D eigenvalue weighted by Gasteiger charge is 2.50. The van der Waals surface area contributed by atoms with Gasteiger partial charge in [-0.25, -0.2) is 9.69 Å². The number of hydrogen-bond donors (Lipinski definition) is 0. The molecule has 2 atom stereocenters. The van der Waals surface area contributed by atoms with Crippen LogP contribution >= 0.6 is 0 Å². The van der Waals surface area contributed by atoms with E-state index in [1.54, 1.807) is 20.8 Å². The number of carbonyl (C=O) groups is 3. The molecule has 0 spiro atoms. The number of carbonyl (C=O) groups excluding carboxylic acids is 3. The Labute approximate surface area is 262 Å². The third kappa shape index (κ3) is 7.84. The topological polar surface area (TPSA) is 82.1 Å². The van der Waals surface area contributed by atoms with Gasteiger partial charge in [0.25, 0.3) is 8.32 Å². The van der Waals surface area contributed by atoms with E-state index in [0.29, 0.717) is 6.42 Å². The molecule has 1 heterocycles. The quantitative estimate of drug-likeness (QED) is 0.198. The normalized spacial score (nSPS) is 16.4. The first-order valence-electron chi connectivity index (χ1n) is 15.3. The lowest BCUT2D eigenvalue weighted by Crippen LogP contribution is -2.66. The van der Waals surface area contributed by atoms with E-state index in [0.717, 1.165) is 15.9 Å². The summed E-state index contributed by atoms with van der Waals surface area (Å²) in [5, 5.41) is 2.00.